The second-order valence-corrected chi connectivity index (χ2v) is 8.19. The van der Waals surface area contributed by atoms with E-state index in [0.717, 1.165) is 22.9 Å². The first-order valence-corrected chi connectivity index (χ1v) is 10.2. The number of rotatable bonds is 6. The van der Waals surface area contributed by atoms with Crippen molar-refractivity contribution >= 4 is 33.4 Å². The highest BCUT2D eigenvalue weighted by Crippen LogP contribution is 2.35. The predicted molar refractivity (Wildman–Crippen MR) is 110 cm³/mol. The Bertz CT molecular complexity index is 775. The molecule has 0 spiro atoms. The SMILES string of the molecule is CC(Oc1ccc(Br)cc1)C(=O)NCC1(c2cccc(Cl)c2)CCOCC1. The molecular formula is C21H23BrClNO3. The minimum atomic E-state index is -0.581. The largest absolute Gasteiger partial charge is 0.481 e. The highest BCUT2D eigenvalue weighted by molar-refractivity contribution is 9.10. The molecule has 1 saturated heterocycles. The van der Waals surface area contributed by atoms with E-state index in [1.54, 1.807) is 6.92 Å². The van der Waals surface area contributed by atoms with E-state index in [0.29, 0.717) is 30.5 Å². The minimum absolute atomic E-state index is 0.134. The number of hydrogen-bond acceptors (Lipinski definition) is 3. The van der Waals surface area contributed by atoms with Crippen LogP contribution >= 0.6 is 27.5 Å². The van der Waals surface area contributed by atoms with Crippen LogP contribution < -0.4 is 10.1 Å². The lowest BCUT2D eigenvalue weighted by Gasteiger charge is -2.38. The molecular weight excluding hydrogens is 430 g/mol. The average molecular weight is 453 g/mol. The maximum Gasteiger partial charge on any atom is 0.260 e. The zero-order valence-electron chi connectivity index (χ0n) is 15.2. The lowest BCUT2D eigenvalue weighted by atomic mass is 9.74. The lowest BCUT2D eigenvalue weighted by Crippen LogP contribution is -2.47. The fourth-order valence-corrected chi connectivity index (χ4v) is 3.77. The summed E-state index contributed by atoms with van der Waals surface area (Å²) in [5.41, 5.74) is 0.968. The molecule has 1 N–H and O–H groups in total. The number of benzene rings is 2. The Balaban J connectivity index is 1.66. The van der Waals surface area contributed by atoms with Gasteiger partial charge in [-0.1, -0.05) is 39.7 Å². The van der Waals surface area contributed by atoms with Crippen LogP contribution in [0.4, 0.5) is 0 Å². The van der Waals surface area contributed by atoms with Gasteiger partial charge in [0.1, 0.15) is 5.75 Å². The predicted octanol–water partition coefficient (Wildman–Crippen LogP) is 4.73. The molecule has 1 fully saturated rings. The number of hydrogen-bond donors (Lipinski definition) is 1. The van der Waals surface area contributed by atoms with Crippen molar-refractivity contribution in [1.29, 1.82) is 0 Å². The van der Waals surface area contributed by atoms with Crippen molar-refractivity contribution in [2.75, 3.05) is 19.8 Å². The molecule has 1 amide bonds. The Hall–Kier alpha value is -1.56. The third kappa shape index (κ3) is 5.24. The van der Waals surface area contributed by atoms with E-state index in [1.807, 2.05) is 42.5 Å². The van der Waals surface area contributed by atoms with Gasteiger partial charge in [-0.2, -0.15) is 0 Å². The van der Waals surface area contributed by atoms with E-state index < -0.39 is 6.10 Å². The van der Waals surface area contributed by atoms with Gasteiger partial charge in [-0.15, -0.1) is 0 Å². The summed E-state index contributed by atoms with van der Waals surface area (Å²) >= 11 is 9.59. The maximum atomic E-state index is 12.6. The van der Waals surface area contributed by atoms with Crippen molar-refractivity contribution < 1.29 is 14.3 Å². The number of ether oxygens (including phenoxy) is 2. The third-order valence-corrected chi connectivity index (χ3v) is 5.75. The lowest BCUT2D eigenvalue weighted by molar-refractivity contribution is -0.127. The standard InChI is InChI=1S/C21H23BrClNO3/c1-15(27-19-7-5-17(22)6-8-19)20(25)24-14-21(9-11-26-12-10-21)16-3-2-4-18(23)13-16/h2-8,13,15H,9-12,14H2,1H3,(H,24,25). The van der Waals surface area contributed by atoms with Gasteiger partial charge in [0.05, 0.1) is 0 Å². The van der Waals surface area contributed by atoms with Crippen LogP contribution in [-0.4, -0.2) is 31.8 Å². The first kappa shape index (κ1) is 20.2. The molecule has 144 valence electrons. The summed E-state index contributed by atoms with van der Waals surface area (Å²) < 4.78 is 12.3. The van der Waals surface area contributed by atoms with Gasteiger partial charge >= 0.3 is 0 Å². The molecule has 3 rings (SSSR count). The maximum absolute atomic E-state index is 12.6. The summed E-state index contributed by atoms with van der Waals surface area (Å²) in [4.78, 5) is 12.6. The summed E-state index contributed by atoms with van der Waals surface area (Å²) in [6, 6.07) is 15.3. The first-order valence-electron chi connectivity index (χ1n) is 9.02. The van der Waals surface area contributed by atoms with Crippen LogP contribution in [0.25, 0.3) is 0 Å². The van der Waals surface area contributed by atoms with Crippen LogP contribution in [0.2, 0.25) is 5.02 Å². The molecule has 2 aromatic carbocycles. The molecule has 0 radical (unpaired) electrons. The topological polar surface area (TPSA) is 47.6 Å². The van der Waals surface area contributed by atoms with Gasteiger partial charge in [0, 0.05) is 34.7 Å². The second-order valence-electron chi connectivity index (χ2n) is 6.83. The van der Waals surface area contributed by atoms with E-state index in [9.17, 15) is 4.79 Å². The molecule has 1 aliphatic rings. The molecule has 0 saturated carbocycles. The smallest absolute Gasteiger partial charge is 0.260 e. The minimum Gasteiger partial charge on any atom is -0.481 e. The van der Waals surface area contributed by atoms with Gasteiger partial charge in [-0.25, -0.2) is 0 Å². The van der Waals surface area contributed by atoms with Gasteiger partial charge in [0.25, 0.3) is 5.91 Å². The van der Waals surface area contributed by atoms with Crippen LogP contribution in [0.3, 0.4) is 0 Å². The van der Waals surface area contributed by atoms with E-state index in [4.69, 9.17) is 21.1 Å². The quantitative estimate of drug-likeness (QED) is 0.689. The average Bonchev–Trinajstić information content (AvgIpc) is 2.68. The second kappa shape index (κ2) is 9.09. The number of amides is 1. The molecule has 27 heavy (non-hydrogen) atoms. The van der Waals surface area contributed by atoms with Crippen LogP contribution in [0.15, 0.2) is 53.0 Å². The Morgan fingerprint density at radius 2 is 1.96 bits per heavy atom. The van der Waals surface area contributed by atoms with Gasteiger partial charge in [-0.05, 0) is 61.7 Å². The van der Waals surface area contributed by atoms with Crippen molar-refractivity contribution in [3.8, 4) is 5.75 Å². The van der Waals surface area contributed by atoms with Gasteiger partial charge in [0.2, 0.25) is 0 Å². The Morgan fingerprint density at radius 3 is 2.63 bits per heavy atom. The van der Waals surface area contributed by atoms with Crippen molar-refractivity contribution in [2.24, 2.45) is 0 Å². The van der Waals surface area contributed by atoms with Gasteiger partial charge in [0.15, 0.2) is 6.10 Å². The van der Waals surface area contributed by atoms with Crippen LogP contribution in [0, 0.1) is 0 Å². The number of halogens is 2. The molecule has 1 heterocycles. The fraction of sp³-hybridized carbons (Fsp3) is 0.381. The Labute approximate surface area is 173 Å². The van der Waals surface area contributed by atoms with Crippen molar-refractivity contribution in [2.45, 2.75) is 31.3 Å². The van der Waals surface area contributed by atoms with Crippen molar-refractivity contribution in [3.05, 3.63) is 63.6 Å². The monoisotopic (exact) mass is 451 g/mol. The zero-order chi connectivity index (χ0) is 19.3. The van der Waals surface area contributed by atoms with E-state index in [1.165, 1.54) is 0 Å². The molecule has 0 aromatic heterocycles. The summed E-state index contributed by atoms with van der Waals surface area (Å²) in [5.74, 6) is 0.530. The summed E-state index contributed by atoms with van der Waals surface area (Å²) in [6.07, 6.45) is 1.10. The van der Waals surface area contributed by atoms with E-state index >= 15 is 0 Å². The number of carbonyl (C=O) groups excluding carboxylic acids is 1. The van der Waals surface area contributed by atoms with Gasteiger partial charge in [-0.3, -0.25) is 4.79 Å². The van der Waals surface area contributed by atoms with Gasteiger partial charge < -0.3 is 14.8 Å². The highest BCUT2D eigenvalue weighted by atomic mass is 79.9. The molecule has 2 aromatic rings. The molecule has 6 heteroatoms. The third-order valence-electron chi connectivity index (χ3n) is 4.98. The summed E-state index contributed by atoms with van der Waals surface area (Å²) in [5, 5.41) is 3.78. The van der Waals surface area contributed by atoms with Crippen LogP contribution in [-0.2, 0) is 14.9 Å². The van der Waals surface area contributed by atoms with Crippen LogP contribution in [0.5, 0.6) is 5.75 Å². The molecule has 1 unspecified atom stereocenters. The molecule has 0 aliphatic carbocycles. The summed E-state index contributed by atoms with van der Waals surface area (Å²) in [7, 11) is 0. The molecule has 4 nitrogen and oxygen atoms in total. The normalized spacial score (nSPS) is 17.1. The summed E-state index contributed by atoms with van der Waals surface area (Å²) in [6.45, 7) is 3.64. The molecule has 1 atom stereocenters. The zero-order valence-corrected chi connectivity index (χ0v) is 17.6. The van der Waals surface area contributed by atoms with Crippen LogP contribution in [0.1, 0.15) is 25.3 Å². The molecule has 0 bridgehead atoms. The first-order chi connectivity index (χ1) is 13.0. The van der Waals surface area contributed by atoms with Crippen molar-refractivity contribution in [1.82, 2.24) is 5.32 Å². The Kier molecular flexibility index (Phi) is 6.79. The van der Waals surface area contributed by atoms with E-state index in [2.05, 4.69) is 27.3 Å². The Morgan fingerprint density at radius 1 is 1.26 bits per heavy atom. The van der Waals surface area contributed by atoms with Crippen molar-refractivity contribution in [3.63, 3.8) is 0 Å². The van der Waals surface area contributed by atoms with E-state index in [-0.39, 0.29) is 11.3 Å². The number of carbonyl (C=O) groups is 1. The molecule has 1 aliphatic heterocycles. The highest BCUT2D eigenvalue weighted by Gasteiger charge is 2.35. The number of nitrogens with one attached hydrogen (secondary N) is 1. The fourth-order valence-electron chi connectivity index (χ4n) is 3.32.